The molecule has 100 valence electrons. The minimum absolute atomic E-state index is 0. The number of H-pyrrole nitrogens is 2. The molecule has 0 atom stereocenters. The zero-order chi connectivity index (χ0) is 12.3. The van der Waals surface area contributed by atoms with E-state index in [0.29, 0.717) is 17.6 Å². The summed E-state index contributed by atoms with van der Waals surface area (Å²) in [7, 11) is 0. The number of nitrogens with one attached hydrogen (secondary N) is 3. The molecule has 0 spiro atoms. The van der Waals surface area contributed by atoms with Gasteiger partial charge in [0.05, 0.1) is 31.1 Å². The summed E-state index contributed by atoms with van der Waals surface area (Å²) < 4.78 is 0. The lowest BCUT2D eigenvalue weighted by atomic mass is 10.2. The van der Waals surface area contributed by atoms with Crippen LogP contribution in [-0.4, -0.2) is 44.4 Å². The lowest BCUT2D eigenvalue weighted by Crippen LogP contribution is -2.35. The van der Waals surface area contributed by atoms with Crippen LogP contribution in [0.3, 0.4) is 0 Å². The highest BCUT2D eigenvalue weighted by Gasteiger charge is 2.10. The third kappa shape index (κ3) is 2.88. The molecule has 0 aliphatic heterocycles. The van der Waals surface area contributed by atoms with Crippen molar-refractivity contribution in [1.82, 2.24) is 20.3 Å². The largest absolute Gasteiger partial charge is 0.395 e. The van der Waals surface area contributed by atoms with E-state index in [1.165, 1.54) is 6.33 Å². The van der Waals surface area contributed by atoms with Gasteiger partial charge in [0.15, 0.2) is 0 Å². The van der Waals surface area contributed by atoms with Gasteiger partial charge in [0.2, 0.25) is 0 Å². The van der Waals surface area contributed by atoms with Crippen LogP contribution in [0.15, 0.2) is 17.3 Å². The fourth-order valence-electron chi connectivity index (χ4n) is 1.58. The first-order chi connectivity index (χ1) is 8.26. The van der Waals surface area contributed by atoms with Gasteiger partial charge in [-0.25, -0.2) is 4.98 Å². The number of fused-ring (bicyclic) bond motifs is 1. The number of hydrogen-bond donors (Lipinski definition) is 5. The Kier molecular flexibility index (Phi) is 5.29. The molecule has 0 bridgehead atoms. The van der Waals surface area contributed by atoms with Gasteiger partial charge in [0.25, 0.3) is 5.56 Å². The number of hydrogen-bond acceptors (Lipinski definition) is 5. The average Bonchev–Trinajstić information content (AvgIpc) is 2.75. The maximum absolute atomic E-state index is 11.4. The Hall–Kier alpha value is -1.41. The summed E-state index contributed by atoms with van der Waals surface area (Å²) in [5, 5.41) is 20.8. The van der Waals surface area contributed by atoms with E-state index in [0.717, 1.165) is 5.56 Å². The van der Waals surface area contributed by atoms with Gasteiger partial charge in [-0.1, -0.05) is 0 Å². The highest BCUT2D eigenvalue weighted by atomic mass is 35.5. The summed E-state index contributed by atoms with van der Waals surface area (Å²) in [5.74, 6) is 0. The number of nitrogens with zero attached hydrogens (tertiary/aromatic N) is 1. The fourth-order valence-corrected chi connectivity index (χ4v) is 1.58. The monoisotopic (exact) mass is 274 g/mol. The second-order valence-electron chi connectivity index (χ2n) is 3.71. The minimum Gasteiger partial charge on any atom is -0.395 e. The van der Waals surface area contributed by atoms with Gasteiger partial charge in [-0.2, -0.15) is 0 Å². The molecule has 2 aromatic rings. The number of halogens is 1. The Morgan fingerprint density at radius 3 is 2.72 bits per heavy atom. The van der Waals surface area contributed by atoms with E-state index in [2.05, 4.69) is 20.3 Å². The van der Waals surface area contributed by atoms with Gasteiger partial charge in [-0.3, -0.25) is 4.79 Å². The Bertz CT molecular complexity index is 549. The summed E-state index contributed by atoms with van der Waals surface area (Å²) in [5.41, 5.74) is 1.62. The zero-order valence-electron chi connectivity index (χ0n) is 9.51. The SMILES string of the molecule is Cl.O=c1[nH]cnc2c(CNC(CO)CO)c[nH]c12. The number of aromatic amines is 2. The smallest absolute Gasteiger partial charge is 0.275 e. The van der Waals surface area contributed by atoms with Crippen LogP contribution in [0.2, 0.25) is 0 Å². The molecule has 0 amide bonds. The van der Waals surface area contributed by atoms with Crippen molar-refractivity contribution in [2.75, 3.05) is 13.2 Å². The molecule has 2 aromatic heterocycles. The molecule has 2 heterocycles. The third-order valence-corrected chi connectivity index (χ3v) is 2.57. The van der Waals surface area contributed by atoms with E-state index in [4.69, 9.17) is 10.2 Å². The third-order valence-electron chi connectivity index (χ3n) is 2.57. The van der Waals surface area contributed by atoms with Gasteiger partial charge in [-0.05, 0) is 0 Å². The average molecular weight is 275 g/mol. The molecule has 2 rings (SSSR count). The van der Waals surface area contributed by atoms with Crippen LogP contribution in [0.1, 0.15) is 5.56 Å². The van der Waals surface area contributed by atoms with Crippen molar-refractivity contribution in [1.29, 1.82) is 0 Å². The lowest BCUT2D eigenvalue weighted by Gasteiger charge is -2.12. The molecule has 18 heavy (non-hydrogen) atoms. The number of aliphatic hydroxyl groups is 2. The molecule has 8 heteroatoms. The fraction of sp³-hybridized carbons (Fsp3) is 0.400. The van der Waals surface area contributed by atoms with Crippen LogP contribution < -0.4 is 10.9 Å². The standard InChI is InChI=1S/C10H14N4O3.ClH/c15-3-7(4-16)11-1-6-2-12-9-8(6)13-5-14-10(9)17;/h2,5,7,11-12,15-16H,1,3-4H2,(H,13,14,17);1H. The van der Waals surface area contributed by atoms with Crippen molar-refractivity contribution >= 4 is 23.4 Å². The second kappa shape index (κ2) is 6.50. The summed E-state index contributed by atoms with van der Waals surface area (Å²) in [6, 6.07) is -0.373. The topological polar surface area (TPSA) is 114 Å². The van der Waals surface area contributed by atoms with Gasteiger partial charge < -0.3 is 25.5 Å². The molecule has 0 radical (unpaired) electrons. The van der Waals surface area contributed by atoms with E-state index in [1.54, 1.807) is 6.20 Å². The van der Waals surface area contributed by atoms with E-state index < -0.39 is 0 Å². The Balaban J connectivity index is 0.00000162. The predicted octanol–water partition coefficient (Wildman–Crippen LogP) is -0.884. The van der Waals surface area contributed by atoms with Crippen molar-refractivity contribution in [2.24, 2.45) is 0 Å². The van der Waals surface area contributed by atoms with Gasteiger partial charge >= 0.3 is 0 Å². The van der Waals surface area contributed by atoms with Crippen LogP contribution in [0, 0.1) is 0 Å². The molecule has 0 unspecified atom stereocenters. The van der Waals surface area contributed by atoms with Crippen molar-refractivity contribution in [3.8, 4) is 0 Å². The summed E-state index contributed by atoms with van der Waals surface area (Å²) in [6.45, 7) is 0.127. The summed E-state index contributed by atoms with van der Waals surface area (Å²) in [4.78, 5) is 20.8. The van der Waals surface area contributed by atoms with E-state index in [-0.39, 0.29) is 37.2 Å². The molecule has 0 fully saturated rings. The van der Waals surface area contributed by atoms with E-state index in [1.807, 2.05) is 0 Å². The van der Waals surface area contributed by atoms with Crippen molar-refractivity contribution in [2.45, 2.75) is 12.6 Å². The number of aromatic nitrogens is 3. The maximum atomic E-state index is 11.4. The first-order valence-electron chi connectivity index (χ1n) is 5.25. The quantitative estimate of drug-likeness (QED) is 0.486. The highest BCUT2D eigenvalue weighted by molar-refractivity contribution is 5.85. The maximum Gasteiger partial charge on any atom is 0.275 e. The molecule has 0 saturated heterocycles. The van der Waals surface area contributed by atoms with Gasteiger partial charge in [-0.15, -0.1) is 12.4 Å². The van der Waals surface area contributed by atoms with Crippen molar-refractivity contribution < 1.29 is 10.2 Å². The van der Waals surface area contributed by atoms with E-state index >= 15 is 0 Å². The summed E-state index contributed by atoms with van der Waals surface area (Å²) >= 11 is 0. The second-order valence-corrected chi connectivity index (χ2v) is 3.71. The molecule has 0 aromatic carbocycles. The molecule has 0 aliphatic rings. The molecule has 0 saturated carbocycles. The Morgan fingerprint density at radius 1 is 1.33 bits per heavy atom. The molecular weight excluding hydrogens is 260 g/mol. The summed E-state index contributed by atoms with van der Waals surface area (Å²) in [6.07, 6.45) is 3.03. The van der Waals surface area contributed by atoms with Gasteiger partial charge in [0, 0.05) is 18.3 Å². The first kappa shape index (κ1) is 14.7. The Morgan fingerprint density at radius 2 is 2.06 bits per heavy atom. The molecule has 5 N–H and O–H groups in total. The van der Waals surface area contributed by atoms with Crippen LogP contribution in [0.4, 0.5) is 0 Å². The van der Waals surface area contributed by atoms with Crippen LogP contribution in [0.25, 0.3) is 11.0 Å². The first-order valence-corrected chi connectivity index (χ1v) is 5.25. The zero-order valence-corrected chi connectivity index (χ0v) is 10.3. The van der Waals surface area contributed by atoms with Crippen molar-refractivity contribution in [3.05, 3.63) is 28.4 Å². The molecular formula is C10H15ClN4O3. The number of rotatable bonds is 5. The predicted molar refractivity (Wildman–Crippen MR) is 68.8 cm³/mol. The Labute approximate surface area is 109 Å². The van der Waals surface area contributed by atoms with E-state index in [9.17, 15) is 4.79 Å². The molecule has 0 aliphatic carbocycles. The normalized spacial score (nSPS) is 10.8. The van der Waals surface area contributed by atoms with Crippen molar-refractivity contribution in [3.63, 3.8) is 0 Å². The highest BCUT2D eigenvalue weighted by Crippen LogP contribution is 2.10. The lowest BCUT2D eigenvalue weighted by molar-refractivity contribution is 0.170. The van der Waals surface area contributed by atoms with Crippen LogP contribution >= 0.6 is 12.4 Å². The van der Waals surface area contributed by atoms with Crippen LogP contribution in [-0.2, 0) is 6.54 Å². The number of aliphatic hydroxyl groups excluding tert-OH is 2. The van der Waals surface area contributed by atoms with Crippen LogP contribution in [0.5, 0.6) is 0 Å². The van der Waals surface area contributed by atoms with Gasteiger partial charge in [0.1, 0.15) is 5.52 Å². The minimum atomic E-state index is -0.373. The molecule has 7 nitrogen and oxygen atoms in total.